The second-order valence-corrected chi connectivity index (χ2v) is 13.4. The SMILES string of the molecule is CCCCCC/C=C\C/C=C\CCCCCCCCCC(=O)NC(CO)C(O)CCCCCCCCCCCCCCCC. The summed E-state index contributed by atoms with van der Waals surface area (Å²) in [6.45, 7) is 4.33. The van der Waals surface area contributed by atoms with Gasteiger partial charge in [0.15, 0.2) is 0 Å². The number of rotatable bonds is 35. The lowest BCUT2D eigenvalue weighted by Crippen LogP contribution is -2.45. The summed E-state index contributed by atoms with van der Waals surface area (Å²) >= 11 is 0. The largest absolute Gasteiger partial charge is 0.394 e. The average molecular weight is 620 g/mol. The fraction of sp³-hybridized carbons (Fsp3) is 0.875. The van der Waals surface area contributed by atoms with Crippen LogP contribution in [-0.4, -0.2) is 34.9 Å². The third kappa shape index (κ3) is 32.3. The summed E-state index contributed by atoms with van der Waals surface area (Å²) in [7, 11) is 0. The molecule has 44 heavy (non-hydrogen) atoms. The highest BCUT2D eigenvalue weighted by Gasteiger charge is 2.19. The number of carbonyl (C=O) groups excluding carboxylic acids is 1. The molecule has 0 fully saturated rings. The third-order valence-electron chi connectivity index (χ3n) is 8.97. The summed E-state index contributed by atoms with van der Waals surface area (Å²) < 4.78 is 0. The minimum absolute atomic E-state index is 0.0396. The van der Waals surface area contributed by atoms with Gasteiger partial charge in [0, 0.05) is 6.42 Å². The molecule has 3 N–H and O–H groups in total. The molecule has 2 atom stereocenters. The lowest BCUT2D eigenvalue weighted by atomic mass is 10.0. The number of unbranched alkanes of at least 4 members (excludes halogenated alkanes) is 24. The number of amides is 1. The highest BCUT2D eigenvalue weighted by Crippen LogP contribution is 2.15. The van der Waals surface area contributed by atoms with E-state index < -0.39 is 12.1 Å². The van der Waals surface area contributed by atoms with E-state index in [2.05, 4.69) is 43.5 Å². The van der Waals surface area contributed by atoms with Crippen molar-refractivity contribution in [2.75, 3.05) is 6.61 Å². The quantitative estimate of drug-likeness (QED) is 0.0488. The fourth-order valence-electron chi connectivity index (χ4n) is 5.92. The Morgan fingerprint density at radius 1 is 0.545 bits per heavy atom. The van der Waals surface area contributed by atoms with E-state index >= 15 is 0 Å². The van der Waals surface area contributed by atoms with E-state index in [0.29, 0.717) is 12.8 Å². The van der Waals surface area contributed by atoms with Crippen LogP contribution in [0, 0.1) is 0 Å². The summed E-state index contributed by atoms with van der Waals surface area (Å²) in [5.74, 6) is -0.0396. The standard InChI is InChI=1S/C40H77NO3/c1-3-5-7-9-11-13-15-17-19-20-21-22-24-26-28-30-32-34-36-40(44)41-38(37-42)39(43)35-33-31-29-27-25-23-18-16-14-12-10-8-6-4-2/h13,15,19-20,38-39,42-43H,3-12,14,16-18,21-37H2,1-2H3,(H,41,44)/b15-13-,20-19-. The highest BCUT2D eigenvalue weighted by molar-refractivity contribution is 5.76. The van der Waals surface area contributed by atoms with Gasteiger partial charge >= 0.3 is 0 Å². The molecule has 260 valence electrons. The Bertz CT molecular complexity index is 632. The van der Waals surface area contributed by atoms with Crippen molar-refractivity contribution in [2.24, 2.45) is 0 Å². The van der Waals surface area contributed by atoms with Gasteiger partial charge in [-0.05, 0) is 44.9 Å². The molecule has 0 bridgehead atoms. The number of carbonyl (C=O) groups is 1. The van der Waals surface area contributed by atoms with Gasteiger partial charge in [0.1, 0.15) is 0 Å². The lowest BCUT2D eigenvalue weighted by molar-refractivity contribution is -0.123. The van der Waals surface area contributed by atoms with Crippen LogP contribution in [0.2, 0.25) is 0 Å². The Labute approximate surface area is 275 Å². The number of allylic oxidation sites excluding steroid dienone is 4. The van der Waals surface area contributed by atoms with E-state index in [1.54, 1.807) is 0 Å². The Morgan fingerprint density at radius 2 is 0.932 bits per heavy atom. The van der Waals surface area contributed by atoms with E-state index in [4.69, 9.17) is 0 Å². The van der Waals surface area contributed by atoms with Crippen molar-refractivity contribution in [3.8, 4) is 0 Å². The molecule has 0 aliphatic carbocycles. The second-order valence-electron chi connectivity index (χ2n) is 13.4. The predicted octanol–water partition coefficient (Wildman–Crippen LogP) is 11.7. The smallest absolute Gasteiger partial charge is 0.220 e. The van der Waals surface area contributed by atoms with Crippen LogP contribution in [0.3, 0.4) is 0 Å². The van der Waals surface area contributed by atoms with Crippen LogP contribution < -0.4 is 5.32 Å². The molecule has 0 rings (SSSR count). The summed E-state index contributed by atoms with van der Waals surface area (Å²) in [6.07, 6.45) is 45.2. The molecule has 0 saturated carbocycles. The molecule has 0 aromatic heterocycles. The lowest BCUT2D eigenvalue weighted by Gasteiger charge is -2.22. The van der Waals surface area contributed by atoms with Crippen LogP contribution in [0.15, 0.2) is 24.3 Å². The van der Waals surface area contributed by atoms with Gasteiger partial charge in [0.25, 0.3) is 0 Å². The number of aliphatic hydroxyl groups excluding tert-OH is 2. The fourth-order valence-corrected chi connectivity index (χ4v) is 5.92. The molecule has 4 heteroatoms. The molecule has 0 aliphatic rings. The van der Waals surface area contributed by atoms with Gasteiger partial charge in [0.2, 0.25) is 5.91 Å². The van der Waals surface area contributed by atoms with E-state index in [1.165, 1.54) is 148 Å². The molecule has 0 aromatic rings. The zero-order valence-electron chi connectivity index (χ0n) is 29.7. The molecule has 4 nitrogen and oxygen atoms in total. The number of nitrogens with one attached hydrogen (secondary N) is 1. The topological polar surface area (TPSA) is 69.6 Å². The highest BCUT2D eigenvalue weighted by atomic mass is 16.3. The number of hydrogen-bond donors (Lipinski definition) is 3. The van der Waals surface area contributed by atoms with Gasteiger partial charge < -0.3 is 15.5 Å². The van der Waals surface area contributed by atoms with E-state index in [0.717, 1.165) is 32.1 Å². The summed E-state index contributed by atoms with van der Waals surface area (Å²) in [5.41, 5.74) is 0. The first kappa shape index (κ1) is 42.9. The Kier molecular flexibility index (Phi) is 35.4. The molecule has 2 unspecified atom stereocenters. The first-order valence-electron chi connectivity index (χ1n) is 19.5. The van der Waals surface area contributed by atoms with Crippen LogP contribution in [0.5, 0.6) is 0 Å². The first-order chi connectivity index (χ1) is 21.7. The summed E-state index contributed by atoms with van der Waals surface area (Å²) in [4.78, 5) is 12.3. The molecule has 0 heterocycles. The summed E-state index contributed by atoms with van der Waals surface area (Å²) in [6, 6.07) is -0.537. The summed E-state index contributed by atoms with van der Waals surface area (Å²) in [5, 5.41) is 23.1. The van der Waals surface area contributed by atoms with Gasteiger partial charge in [-0.3, -0.25) is 4.79 Å². The maximum Gasteiger partial charge on any atom is 0.220 e. The second kappa shape index (κ2) is 36.3. The zero-order chi connectivity index (χ0) is 32.2. The maximum atomic E-state index is 12.3. The van der Waals surface area contributed by atoms with Crippen molar-refractivity contribution in [1.82, 2.24) is 5.32 Å². The van der Waals surface area contributed by atoms with Crippen molar-refractivity contribution in [3.05, 3.63) is 24.3 Å². The Morgan fingerprint density at radius 3 is 1.39 bits per heavy atom. The number of aliphatic hydroxyl groups is 2. The van der Waals surface area contributed by atoms with Crippen molar-refractivity contribution in [2.45, 2.75) is 219 Å². The van der Waals surface area contributed by atoms with Crippen LogP contribution in [0.4, 0.5) is 0 Å². The molecule has 0 radical (unpaired) electrons. The van der Waals surface area contributed by atoms with Gasteiger partial charge in [-0.1, -0.05) is 179 Å². The Hall–Kier alpha value is -1.13. The van der Waals surface area contributed by atoms with Crippen molar-refractivity contribution in [1.29, 1.82) is 0 Å². The molecular weight excluding hydrogens is 542 g/mol. The molecule has 0 saturated heterocycles. The van der Waals surface area contributed by atoms with Crippen molar-refractivity contribution in [3.63, 3.8) is 0 Å². The van der Waals surface area contributed by atoms with Gasteiger partial charge in [-0.25, -0.2) is 0 Å². The first-order valence-corrected chi connectivity index (χ1v) is 19.5. The van der Waals surface area contributed by atoms with Gasteiger partial charge in [-0.2, -0.15) is 0 Å². The third-order valence-corrected chi connectivity index (χ3v) is 8.97. The molecule has 1 amide bonds. The average Bonchev–Trinajstić information content (AvgIpc) is 3.03. The van der Waals surface area contributed by atoms with Gasteiger partial charge in [0.05, 0.1) is 18.8 Å². The monoisotopic (exact) mass is 620 g/mol. The molecule has 0 spiro atoms. The van der Waals surface area contributed by atoms with Crippen LogP contribution >= 0.6 is 0 Å². The van der Waals surface area contributed by atoms with E-state index in [1.807, 2.05) is 0 Å². The van der Waals surface area contributed by atoms with Crippen LogP contribution in [0.25, 0.3) is 0 Å². The zero-order valence-corrected chi connectivity index (χ0v) is 29.7. The van der Waals surface area contributed by atoms with Crippen LogP contribution in [0.1, 0.15) is 206 Å². The van der Waals surface area contributed by atoms with Crippen molar-refractivity contribution >= 4 is 5.91 Å². The van der Waals surface area contributed by atoms with Crippen molar-refractivity contribution < 1.29 is 15.0 Å². The maximum absolute atomic E-state index is 12.3. The molecule has 0 aliphatic heterocycles. The van der Waals surface area contributed by atoms with Crippen LogP contribution in [-0.2, 0) is 4.79 Å². The normalized spacial score (nSPS) is 13.3. The minimum Gasteiger partial charge on any atom is -0.394 e. The molecular formula is C40H77NO3. The van der Waals surface area contributed by atoms with E-state index in [9.17, 15) is 15.0 Å². The minimum atomic E-state index is -0.659. The van der Waals surface area contributed by atoms with E-state index in [-0.39, 0.29) is 12.5 Å². The molecule has 0 aromatic carbocycles. The Balaban J connectivity index is 3.56. The predicted molar refractivity (Wildman–Crippen MR) is 193 cm³/mol. The van der Waals surface area contributed by atoms with Gasteiger partial charge in [-0.15, -0.1) is 0 Å². The number of hydrogen-bond acceptors (Lipinski definition) is 3.